The summed E-state index contributed by atoms with van der Waals surface area (Å²) in [7, 11) is 3.90. The van der Waals surface area contributed by atoms with Gasteiger partial charge in [-0.2, -0.15) is 5.10 Å². The van der Waals surface area contributed by atoms with Crippen molar-refractivity contribution in [3.05, 3.63) is 65.9 Å². The van der Waals surface area contributed by atoms with Crippen molar-refractivity contribution in [2.24, 2.45) is 0 Å². The molecule has 1 heterocycles. The maximum Gasteiger partial charge on any atom is 0.255 e. The molecule has 24 heavy (non-hydrogen) atoms. The first-order valence-electron chi connectivity index (χ1n) is 7.74. The van der Waals surface area contributed by atoms with E-state index >= 15 is 0 Å². The number of carbonyl (C=O) groups is 1. The Kier molecular flexibility index (Phi) is 4.33. The first kappa shape index (κ1) is 15.8. The lowest BCUT2D eigenvalue weighted by atomic mass is 10.1. The minimum atomic E-state index is -0.131. The minimum Gasteiger partial charge on any atom is -0.378 e. The first-order chi connectivity index (χ1) is 11.5. The fraction of sp³-hybridized carbons (Fsp3) is 0.158. The van der Waals surface area contributed by atoms with E-state index in [9.17, 15) is 4.79 Å². The lowest BCUT2D eigenvalue weighted by Crippen LogP contribution is -2.14. The summed E-state index contributed by atoms with van der Waals surface area (Å²) in [6.45, 7) is 1.96. The molecule has 0 aliphatic heterocycles. The molecule has 0 saturated heterocycles. The van der Waals surface area contributed by atoms with Gasteiger partial charge < -0.3 is 10.2 Å². The maximum absolute atomic E-state index is 12.5. The van der Waals surface area contributed by atoms with Gasteiger partial charge in [0, 0.05) is 42.3 Å². The molecule has 5 nitrogen and oxygen atoms in total. The van der Waals surface area contributed by atoms with Gasteiger partial charge in [-0.1, -0.05) is 18.2 Å². The van der Waals surface area contributed by atoms with Crippen LogP contribution in [-0.2, 0) is 0 Å². The number of carbonyl (C=O) groups excluding carboxylic acids is 1. The van der Waals surface area contributed by atoms with E-state index in [4.69, 9.17) is 0 Å². The number of hydrogen-bond acceptors (Lipinski definition) is 3. The van der Waals surface area contributed by atoms with Crippen LogP contribution >= 0.6 is 0 Å². The van der Waals surface area contributed by atoms with E-state index in [2.05, 4.69) is 15.5 Å². The second kappa shape index (κ2) is 6.58. The Morgan fingerprint density at radius 2 is 1.88 bits per heavy atom. The van der Waals surface area contributed by atoms with Crippen LogP contribution < -0.4 is 10.2 Å². The van der Waals surface area contributed by atoms with Crippen LogP contribution in [0.4, 0.5) is 11.4 Å². The smallest absolute Gasteiger partial charge is 0.255 e. The number of rotatable bonds is 4. The molecule has 1 amide bonds. The van der Waals surface area contributed by atoms with Crippen molar-refractivity contribution < 1.29 is 4.79 Å². The van der Waals surface area contributed by atoms with E-state index < -0.39 is 0 Å². The number of nitrogens with zero attached hydrogens (tertiary/aromatic N) is 2. The van der Waals surface area contributed by atoms with Gasteiger partial charge in [-0.15, -0.1) is 0 Å². The average Bonchev–Trinajstić information content (AvgIpc) is 3.02. The SMILES string of the molecule is Cc1cc(-c2cccc(NC(=O)c3cccc(N(C)C)c3)c2)n[nH]1. The molecule has 2 N–H and O–H groups in total. The highest BCUT2D eigenvalue weighted by Crippen LogP contribution is 2.22. The second-order valence-corrected chi connectivity index (χ2v) is 5.92. The van der Waals surface area contributed by atoms with Crippen molar-refractivity contribution >= 4 is 17.3 Å². The van der Waals surface area contributed by atoms with Crippen LogP contribution in [0.15, 0.2) is 54.6 Å². The number of aromatic amines is 1. The molecule has 2 aromatic carbocycles. The average molecular weight is 320 g/mol. The summed E-state index contributed by atoms with van der Waals surface area (Å²) in [6.07, 6.45) is 0. The van der Waals surface area contributed by atoms with E-state index in [1.807, 2.05) is 80.5 Å². The van der Waals surface area contributed by atoms with Gasteiger partial charge >= 0.3 is 0 Å². The second-order valence-electron chi connectivity index (χ2n) is 5.92. The summed E-state index contributed by atoms with van der Waals surface area (Å²) in [5.41, 5.74) is 5.18. The van der Waals surface area contributed by atoms with E-state index in [0.717, 1.165) is 28.3 Å². The van der Waals surface area contributed by atoms with Gasteiger partial charge in [-0.05, 0) is 43.3 Å². The van der Waals surface area contributed by atoms with Crippen LogP contribution in [0, 0.1) is 6.92 Å². The molecule has 0 spiro atoms. The predicted octanol–water partition coefficient (Wildman–Crippen LogP) is 3.70. The van der Waals surface area contributed by atoms with E-state index in [0.29, 0.717) is 5.56 Å². The Bertz CT molecular complexity index is 867. The summed E-state index contributed by atoms with van der Waals surface area (Å²) >= 11 is 0. The van der Waals surface area contributed by atoms with E-state index in [-0.39, 0.29) is 5.91 Å². The van der Waals surface area contributed by atoms with Crippen LogP contribution in [0.3, 0.4) is 0 Å². The van der Waals surface area contributed by atoms with Gasteiger partial charge in [0.2, 0.25) is 0 Å². The standard InChI is InChI=1S/C19H20N4O/c1-13-10-18(22-21-13)14-6-4-8-16(11-14)20-19(24)15-7-5-9-17(12-15)23(2)3/h4-12H,1-3H3,(H,20,24)(H,21,22). The molecule has 0 saturated carbocycles. The molecule has 3 rings (SSSR count). The Labute approximate surface area is 141 Å². The first-order valence-corrected chi connectivity index (χ1v) is 7.74. The number of anilines is 2. The summed E-state index contributed by atoms with van der Waals surface area (Å²) in [4.78, 5) is 14.5. The largest absolute Gasteiger partial charge is 0.378 e. The number of hydrogen-bond donors (Lipinski definition) is 2. The quantitative estimate of drug-likeness (QED) is 0.770. The van der Waals surface area contributed by atoms with Crippen molar-refractivity contribution in [1.82, 2.24) is 10.2 Å². The molecule has 5 heteroatoms. The Morgan fingerprint density at radius 3 is 2.58 bits per heavy atom. The molecule has 0 bridgehead atoms. The Balaban J connectivity index is 1.81. The van der Waals surface area contributed by atoms with Crippen LogP contribution in [0.25, 0.3) is 11.3 Å². The number of nitrogens with one attached hydrogen (secondary N) is 2. The minimum absolute atomic E-state index is 0.131. The summed E-state index contributed by atoms with van der Waals surface area (Å²) in [5.74, 6) is -0.131. The molecule has 0 fully saturated rings. The molecular formula is C19H20N4O. The van der Waals surface area contributed by atoms with E-state index in [1.54, 1.807) is 0 Å². The molecule has 0 atom stereocenters. The topological polar surface area (TPSA) is 61.0 Å². The Hall–Kier alpha value is -3.08. The summed E-state index contributed by atoms with van der Waals surface area (Å²) in [5, 5.41) is 10.1. The molecule has 0 aliphatic rings. The number of amides is 1. The van der Waals surface area contributed by atoms with Crippen LogP contribution in [0.5, 0.6) is 0 Å². The molecule has 0 radical (unpaired) electrons. The van der Waals surface area contributed by atoms with Gasteiger partial charge in [0.05, 0.1) is 5.69 Å². The van der Waals surface area contributed by atoms with Gasteiger partial charge in [0.15, 0.2) is 0 Å². The maximum atomic E-state index is 12.5. The van der Waals surface area contributed by atoms with Crippen molar-refractivity contribution in [3.63, 3.8) is 0 Å². The third-order valence-electron chi connectivity index (χ3n) is 3.75. The number of benzene rings is 2. The zero-order valence-electron chi connectivity index (χ0n) is 14.0. The van der Waals surface area contributed by atoms with Gasteiger partial charge in [-0.25, -0.2) is 0 Å². The van der Waals surface area contributed by atoms with Gasteiger partial charge in [0.1, 0.15) is 0 Å². The van der Waals surface area contributed by atoms with Crippen molar-refractivity contribution in [3.8, 4) is 11.3 Å². The number of aryl methyl sites for hydroxylation is 1. The van der Waals surface area contributed by atoms with Crippen LogP contribution in [0.2, 0.25) is 0 Å². The molecular weight excluding hydrogens is 300 g/mol. The molecule has 0 unspecified atom stereocenters. The number of H-pyrrole nitrogens is 1. The zero-order chi connectivity index (χ0) is 17.1. The Morgan fingerprint density at radius 1 is 1.08 bits per heavy atom. The molecule has 1 aromatic heterocycles. The summed E-state index contributed by atoms with van der Waals surface area (Å²) in [6, 6.07) is 17.2. The highest BCUT2D eigenvalue weighted by molar-refractivity contribution is 6.05. The van der Waals surface area contributed by atoms with Crippen LogP contribution in [-0.4, -0.2) is 30.2 Å². The zero-order valence-corrected chi connectivity index (χ0v) is 14.0. The normalized spacial score (nSPS) is 10.5. The monoisotopic (exact) mass is 320 g/mol. The third-order valence-corrected chi connectivity index (χ3v) is 3.75. The highest BCUT2D eigenvalue weighted by Gasteiger charge is 2.09. The number of aromatic nitrogens is 2. The lowest BCUT2D eigenvalue weighted by molar-refractivity contribution is 0.102. The van der Waals surface area contributed by atoms with Crippen molar-refractivity contribution in [2.45, 2.75) is 6.92 Å². The fourth-order valence-corrected chi connectivity index (χ4v) is 2.45. The molecule has 0 aliphatic carbocycles. The van der Waals surface area contributed by atoms with Gasteiger partial charge in [-0.3, -0.25) is 9.89 Å². The van der Waals surface area contributed by atoms with Crippen molar-refractivity contribution in [2.75, 3.05) is 24.3 Å². The third kappa shape index (κ3) is 3.46. The van der Waals surface area contributed by atoms with Crippen molar-refractivity contribution in [1.29, 1.82) is 0 Å². The summed E-state index contributed by atoms with van der Waals surface area (Å²) < 4.78 is 0. The molecule has 122 valence electrons. The lowest BCUT2D eigenvalue weighted by Gasteiger charge is -2.13. The fourth-order valence-electron chi connectivity index (χ4n) is 2.45. The molecule has 3 aromatic rings. The van der Waals surface area contributed by atoms with Gasteiger partial charge in [0.25, 0.3) is 5.91 Å². The highest BCUT2D eigenvalue weighted by atomic mass is 16.1. The van der Waals surface area contributed by atoms with E-state index in [1.165, 1.54) is 0 Å². The predicted molar refractivity (Wildman–Crippen MR) is 97.5 cm³/mol. The van der Waals surface area contributed by atoms with Crippen LogP contribution in [0.1, 0.15) is 16.1 Å².